The first-order chi connectivity index (χ1) is 10.0. The maximum atomic E-state index is 5.68. The third-order valence-corrected chi connectivity index (χ3v) is 4.14. The molecule has 0 unspecified atom stereocenters. The number of nitrogens with zero attached hydrogens (tertiary/aromatic N) is 1. The molecular formula is C18H30N2O. The van der Waals surface area contributed by atoms with Crippen LogP contribution in [0.2, 0.25) is 0 Å². The Kier molecular flexibility index (Phi) is 6.07. The van der Waals surface area contributed by atoms with Gasteiger partial charge in [0.15, 0.2) is 0 Å². The van der Waals surface area contributed by atoms with Gasteiger partial charge in [0.25, 0.3) is 0 Å². The van der Waals surface area contributed by atoms with Gasteiger partial charge in [-0.05, 0) is 58.2 Å². The van der Waals surface area contributed by atoms with E-state index in [2.05, 4.69) is 62.2 Å². The number of rotatable bonds is 6. The maximum absolute atomic E-state index is 5.68. The van der Waals surface area contributed by atoms with E-state index in [1.165, 1.54) is 37.2 Å². The van der Waals surface area contributed by atoms with Crippen LogP contribution in [0.1, 0.15) is 46.1 Å². The lowest BCUT2D eigenvalue weighted by atomic mass is 10.0. The van der Waals surface area contributed by atoms with Gasteiger partial charge < -0.3 is 15.0 Å². The number of piperidine rings is 1. The summed E-state index contributed by atoms with van der Waals surface area (Å²) in [6.07, 6.45) is 2.73. The molecule has 1 fully saturated rings. The van der Waals surface area contributed by atoms with Crippen LogP contribution in [0.3, 0.4) is 0 Å². The van der Waals surface area contributed by atoms with Crippen molar-refractivity contribution in [1.29, 1.82) is 0 Å². The second-order valence-corrected chi connectivity index (χ2v) is 6.61. The van der Waals surface area contributed by atoms with Crippen LogP contribution in [-0.4, -0.2) is 36.2 Å². The van der Waals surface area contributed by atoms with Crippen molar-refractivity contribution >= 4 is 5.69 Å². The molecule has 0 amide bonds. The smallest absolute Gasteiger partial charge is 0.0721 e. The fraction of sp³-hybridized carbons (Fsp3) is 0.667. The highest BCUT2D eigenvalue weighted by molar-refractivity contribution is 5.46. The summed E-state index contributed by atoms with van der Waals surface area (Å²) >= 11 is 0. The average molecular weight is 290 g/mol. The predicted molar refractivity (Wildman–Crippen MR) is 89.7 cm³/mol. The second-order valence-electron chi connectivity index (χ2n) is 6.61. The molecule has 1 aliphatic rings. The standard InChI is InChI=1S/C18H30N2O/c1-14(2)20-10-8-17(9-11-20)19-18-7-5-6-16(12-18)13-21-15(3)4/h5-7,12,14-15,17,19H,8-11,13H2,1-4H3. The lowest BCUT2D eigenvalue weighted by Crippen LogP contribution is -2.42. The van der Waals surface area contributed by atoms with Crippen LogP contribution in [0.4, 0.5) is 5.69 Å². The van der Waals surface area contributed by atoms with E-state index in [0.29, 0.717) is 18.7 Å². The van der Waals surface area contributed by atoms with Crippen molar-refractivity contribution in [3.05, 3.63) is 29.8 Å². The van der Waals surface area contributed by atoms with Crippen LogP contribution >= 0.6 is 0 Å². The van der Waals surface area contributed by atoms with Gasteiger partial charge in [-0.3, -0.25) is 0 Å². The number of likely N-dealkylation sites (tertiary alicyclic amines) is 1. The number of benzene rings is 1. The summed E-state index contributed by atoms with van der Waals surface area (Å²) in [5.41, 5.74) is 2.47. The molecule has 3 heteroatoms. The first-order valence-electron chi connectivity index (χ1n) is 8.25. The molecule has 1 heterocycles. The second kappa shape index (κ2) is 7.81. The number of anilines is 1. The van der Waals surface area contributed by atoms with E-state index in [9.17, 15) is 0 Å². The zero-order chi connectivity index (χ0) is 15.2. The van der Waals surface area contributed by atoms with Gasteiger partial charge >= 0.3 is 0 Å². The zero-order valence-corrected chi connectivity index (χ0v) is 13.9. The van der Waals surface area contributed by atoms with Crippen LogP contribution in [0.5, 0.6) is 0 Å². The average Bonchev–Trinajstić information content (AvgIpc) is 2.46. The lowest BCUT2D eigenvalue weighted by Gasteiger charge is -2.35. The van der Waals surface area contributed by atoms with E-state index >= 15 is 0 Å². The molecule has 0 bridgehead atoms. The summed E-state index contributed by atoms with van der Waals surface area (Å²) in [6.45, 7) is 11.8. The minimum absolute atomic E-state index is 0.280. The highest BCUT2D eigenvalue weighted by Crippen LogP contribution is 2.19. The van der Waals surface area contributed by atoms with E-state index in [-0.39, 0.29) is 6.10 Å². The Morgan fingerprint density at radius 3 is 2.52 bits per heavy atom. The fourth-order valence-corrected chi connectivity index (χ4v) is 2.81. The minimum atomic E-state index is 0.280. The van der Waals surface area contributed by atoms with Crippen LogP contribution < -0.4 is 5.32 Å². The van der Waals surface area contributed by atoms with Gasteiger partial charge in [0, 0.05) is 30.9 Å². The Morgan fingerprint density at radius 1 is 1.19 bits per heavy atom. The molecule has 3 nitrogen and oxygen atoms in total. The van der Waals surface area contributed by atoms with Gasteiger partial charge in [0.2, 0.25) is 0 Å². The SMILES string of the molecule is CC(C)OCc1cccc(NC2CCN(C(C)C)CC2)c1. The number of hydrogen-bond donors (Lipinski definition) is 1. The van der Waals surface area contributed by atoms with Crippen molar-refractivity contribution in [1.82, 2.24) is 4.90 Å². The van der Waals surface area contributed by atoms with Crippen LogP contribution in [-0.2, 0) is 11.3 Å². The zero-order valence-electron chi connectivity index (χ0n) is 13.9. The molecule has 0 atom stereocenters. The third-order valence-electron chi connectivity index (χ3n) is 4.14. The van der Waals surface area contributed by atoms with Crippen LogP contribution in [0, 0.1) is 0 Å². The largest absolute Gasteiger partial charge is 0.382 e. The Labute approximate surface area is 129 Å². The Bertz CT molecular complexity index is 423. The number of nitrogens with one attached hydrogen (secondary N) is 1. The molecule has 21 heavy (non-hydrogen) atoms. The molecule has 118 valence electrons. The Hall–Kier alpha value is -1.06. The van der Waals surface area contributed by atoms with Gasteiger partial charge in [-0.2, -0.15) is 0 Å². The molecule has 0 spiro atoms. The molecule has 1 aromatic rings. The molecule has 1 saturated heterocycles. The van der Waals surface area contributed by atoms with E-state index in [0.717, 1.165) is 0 Å². The topological polar surface area (TPSA) is 24.5 Å². The Morgan fingerprint density at radius 2 is 1.90 bits per heavy atom. The van der Waals surface area contributed by atoms with Crippen molar-refractivity contribution in [3.8, 4) is 0 Å². The van der Waals surface area contributed by atoms with Gasteiger partial charge in [0.05, 0.1) is 12.7 Å². The van der Waals surface area contributed by atoms with Gasteiger partial charge in [-0.1, -0.05) is 12.1 Å². The fourth-order valence-electron chi connectivity index (χ4n) is 2.81. The van der Waals surface area contributed by atoms with Crippen molar-refractivity contribution < 1.29 is 4.74 Å². The summed E-state index contributed by atoms with van der Waals surface area (Å²) < 4.78 is 5.68. The summed E-state index contributed by atoms with van der Waals surface area (Å²) in [5.74, 6) is 0. The lowest BCUT2D eigenvalue weighted by molar-refractivity contribution is 0.0657. The molecule has 0 aromatic heterocycles. The van der Waals surface area contributed by atoms with E-state index in [1.54, 1.807) is 0 Å². The van der Waals surface area contributed by atoms with E-state index in [4.69, 9.17) is 4.74 Å². The number of ether oxygens (including phenoxy) is 1. The summed E-state index contributed by atoms with van der Waals surface area (Å²) in [7, 11) is 0. The molecule has 1 N–H and O–H groups in total. The monoisotopic (exact) mass is 290 g/mol. The molecule has 0 aliphatic carbocycles. The van der Waals surface area contributed by atoms with Gasteiger partial charge in [-0.25, -0.2) is 0 Å². The molecule has 1 aromatic carbocycles. The maximum Gasteiger partial charge on any atom is 0.0721 e. The van der Waals surface area contributed by atoms with Crippen molar-refractivity contribution in [2.45, 2.75) is 65.3 Å². The van der Waals surface area contributed by atoms with Crippen molar-refractivity contribution in [3.63, 3.8) is 0 Å². The summed E-state index contributed by atoms with van der Waals surface area (Å²) in [5, 5.41) is 3.69. The summed E-state index contributed by atoms with van der Waals surface area (Å²) in [4.78, 5) is 2.56. The van der Waals surface area contributed by atoms with Gasteiger partial charge in [0.1, 0.15) is 0 Å². The molecule has 2 rings (SSSR count). The van der Waals surface area contributed by atoms with Crippen LogP contribution in [0.15, 0.2) is 24.3 Å². The number of hydrogen-bond acceptors (Lipinski definition) is 3. The quantitative estimate of drug-likeness (QED) is 0.860. The van der Waals surface area contributed by atoms with Crippen molar-refractivity contribution in [2.24, 2.45) is 0 Å². The summed E-state index contributed by atoms with van der Waals surface area (Å²) in [6, 6.07) is 9.90. The molecular weight excluding hydrogens is 260 g/mol. The third kappa shape index (κ3) is 5.33. The Balaban J connectivity index is 1.84. The van der Waals surface area contributed by atoms with Gasteiger partial charge in [-0.15, -0.1) is 0 Å². The predicted octanol–water partition coefficient (Wildman–Crippen LogP) is 3.90. The van der Waals surface area contributed by atoms with E-state index < -0.39 is 0 Å². The first-order valence-corrected chi connectivity index (χ1v) is 8.25. The van der Waals surface area contributed by atoms with Crippen LogP contribution in [0.25, 0.3) is 0 Å². The normalized spacial score (nSPS) is 17.6. The molecule has 1 aliphatic heterocycles. The molecule has 0 radical (unpaired) electrons. The van der Waals surface area contributed by atoms with E-state index in [1.807, 2.05) is 0 Å². The highest BCUT2D eigenvalue weighted by Gasteiger charge is 2.20. The van der Waals surface area contributed by atoms with Crippen molar-refractivity contribution in [2.75, 3.05) is 18.4 Å². The molecule has 0 saturated carbocycles. The first kappa shape index (κ1) is 16.3. The highest BCUT2D eigenvalue weighted by atomic mass is 16.5. The minimum Gasteiger partial charge on any atom is -0.382 e.